The Morgan fingerprint density at radius 2 is 2.39 bits per heavy atom. The molecule has 96 valence electrons. The Hall–Kier alpha value is -0.840. The van der Waals surface area contributed by atoms with E-state index in [-0.39, 0.29) is 5.60 Å². The lowest BCUT2D eigenvalue weighted by Gasteiger charge is -2.23. The van der Waals surface area contributed by atoms with Gasteiger partial charge in [-0.1, -0.05) is 17.7 Å². The predicted molar refractivity (Wildman–Crippen MR) is 75.7 cm³/mol. The summed E-state index contributed by atoms with van der Waals surface area (Å²) in [5.41, 5.74) is 1.84. The maximum Gasteiger partial charge on any atom is 0.178 e. The van der Waals surface area contributed by atoms with Gasteiger partial charge in [-0.2, -0.15) is 0 Å². The summed E-state index contributed by atoms with van der Waals surface area (Å²) in [6.45, 7) is 3.75. The molecule has 2 aromatic rings. The van der Waals surface area contributed by atoms with Gasteiger partial charge in [-0.05, 0) is 44.1 Å². The van der Waals surface area contributed by atoms with Crippen LogP contribution in [0.2, 0.25) is 5.02 Å². The molecule has 1 aliphatic rings. The molecule has 3 rings (SSSR count). The fourth-order valence-electron chi connectivity index (χ4n) is 2.60. The molecule has 0 saturated carbocycles. The third-order valence-electron chi connectivity index (χ3n) is 3.55. The summed E-state index contributed by atoms with van der Waals surface area (Å²) in [5.74, 6) is 0. The topological polar surface area (TPSA) is 29.9 Å². The number of aromatic amines is 1. The first-order chi connectivity index (χ1) is 8.59. The largest absolute Gasteiger partial charge is 0.373 e. The van der Waals surface area contributed by atoms with E-state index in [1.54, 1.807) is 0 Å². The zero-order valence-corrected chi connectivity index (χ0v) is 11.8. The van der Waals surface area contributed by atoms with Gasteiger partial charge >= 0.3 is 0 Å². The Balaban J connectivity index is 2.09. The fourth-order valence-corrected chi connectivity index (χ4v) is 3.08. The third kappa shape index (κ3) is 1.98. The minimum atomic E-state index is -0.115. The molecule has 0 aliphatic carbocycles. The number of hydrogen-bond acceptors (Lipinski definition) is 2. The zero-order valence-electron chi connectivity index (χ0n) is 10.2. The number of benzene rings is 1. The number of hydrogen-bond donors (Lipinski definition) is 1. The van der Waals surface area contributed by atoms with Crippen LogP contribution in [0.25, 0.3) is 11.0 Å². The monoisotopic (exact) mass is 282 g/mol. The van der Waals surface area contributed by atoms with Crippen molar-refractivity contribution < 1.29 is 4.74 Å². The molecule has 5 heteroatoms. The van der Waals surface area contributed by atoms with Crippen molar-refractivity contribution in [2.75, 3.05) is 6.61 Å². The number of para-hydroxylation sites is 1. The maximum absolute atomic E-state index is 6.17. The lowest BCUT2D eigenvalue weighted by molar-refractivity contribution is 0.00679. The summed E-state index contributed by atoms with van der Waals surface area (Å²) < 4.78 is 8.62. The Morgan fingerprint density at radius 1 is 1.56 bits per heavy atom. The molecule has 18 heavy (non-hydrogen) atoms. The summed E-state index contributed by atoms with van der Waals surface area (Å²) in [4.78, 5) is 3.18. The average Bonchev–Trinajstić information content (AvgIpc) is 2.88. The van der Waals surface area contributed by atoms with E-state index in [1.165, 1.54) is 0 Å². The highest BCUT2D eigenvalue weighted by molar-refractivity contribution is 7.71. The van der Waals surface area contributed by atoms with Crippen molar-refractivity contribution in [3.63, 3.8) is 0 Å². The highest BCUT2D eigenvalue weighted by Gasteiger charge is 2.31. The van der Waals surface area contributed by atoms with Crippen molar-refractivity contribution >= 4 is 34.9 Å². The minimum Gasteiger partial charge on any atom is -0.373 e. The van der Waals surface area contributed by atoms with Gasteiger partial charge in [-0.25, -0.2) is 0 Å². The summed E-state index contributed by atoms with van der Waals surface area (Å²) in [7, 11) is 0. The summed E-state index contributed by atoms with van der Waals surface area (Å²) >= 11 is 11.6. The second kappa shape index (κ2) is 4.37. The van der Waals surface area contributed by atoms with Crippen molar-refractivity contribution in [3.05, 3.63) is 28.0 Å². The first-order valence-electron chi connectivity index (χ1n) is 6.10. The average molecular weight is 283 g/mol. The molecule has 1 fully saturated rings. The van der Waals surface area contributed by atoms with E-state index >= 15 is 0 Å². The SMILES string of the molecule is CC1(Cn2c(=S)[nH]c3c(Cl)cccc32)CCCO1. The van der Waals surface area contributed by atoms with Gasteiger partial charge in [0.25, 0.3) is 0 Å². The number of nitrogens with one attached hydrogen (secondary N) is 1. The molecule has 1 saturated heterocycles. The van der Waals surface area contributed by atoms with E-state index in [1.807, 2.05) is 18.2 Å². The van der Waals surface area contributed by atoms with Gasteiger partial charge in [0, 0.05) is 6.61 Å². The smallest absolute Gasteiger partial charge is 0.178 e. The number of imidazole rings is 1. The van der Waals surface area contributed by atoms with Gasteiger partial charge in [0.15, 0.2) is 4.77 Å². The second-order valence-electron chi connectivity index (χ2n) is 5.05. The van der Waals surface area contributed by atoms with Crippen molar-refractivity contribution in [2.45, 2.75) is 31.9 Å². The van der Waals surface area contributed by atoms with Crippen LogP contribution in [0.3, 0.4) is 0 Å². The molecule has 0 amide bonds. The lowest BCUT2D eigenvalue weighted by atomic mass is 10.0. The van der Waals surface area contributed by atoms with Gasteiger partial charge < -0.3 is 14.3 Å². The quantitative estimate of drug-likeness (QED) is 0.846. The molecular formula is C13H15ClN2OS. The number of halogens is 1. The number of H-pyrrole nitrogens is 1. The van der Waals surface area contributed by atoms with E-state index in [0.29, 0.717) is 9.79 Å². The van der Waals surface area contributed by atoms with E-state index in [2.05, 4.69) is 16.5 Å². The van der Waals surface area contributed by atoms with Crippen LogP contribution in [-0.2, 0) is 11.3 Å². The lowest BCUT2D eigenvalue weighted by Crippen LogP contribution is -2.29. The first kappa shape index (κ1) is 12.2. The van der Waals surface area contributed by atoms with Crippen LogP contribution in [0.15, 0.2) is 18.2 Å². The Kier molecular flexibility index (Phi) is 2.96. The predicted octanol–water partition coefficient (Wildman–Crippen LogP) is 3.92. The van der Waals surface area contributed by atoms with Crippen LogP contribution < -0.4 is 0 Å². The van der Waals surface area contributed by atoms with E-state index in [4.69, 9.17) is 28.6 Å². The molecule has 1 atom stereocenters. The maximum atomic E-state index is 6.17. The van der Waals surface area contributed by atoms with Crippen molar-refractivity contribution in [1.82, 2.24) is 9.55 Å². The Morgan fingerprint density at radius 3 is 3.11 bits per heavy atom. The Bertz CT molecular complexity index is 640. The summed E-state index contributed by atoms with van der Waals surface area (Å²) in [5, 5.41) is 0.704. The van der Waals surface area contributed by atoms with E-state index in [0.717, 1.165) is 37.0 Å². The molecular weight excluding hydrogens is 268 g/mol. The molecule has 3 nitrogen and oxygen atoms in total. The van der Waals surface area contributed by atoms with E-state index < -0.39 is 0 Å². The summed E-state index contributed by atoms with van der Waals surface area (Å²) in [6, 6.07) is 5.85. The number of rotatable bonds is 2. The van der Waals surface area contributed by atoms with Gasteiger partial charge in [-0.3, -0.25) is 0 Å². The molecule has 1 unspecified atom stereocenters. The minimum absolute atomic E-state index is 0.115. The molecule has 2 heterocycles. The van der Waals surface area contributed by atoms with E-state index in [9.17, 15) is 0 Å². The van der Waals surface area contributed by atoms with Crippen LogP contribution in [-0.4, -0.2) is 21.8 Å². The highest BCUT2D eigenvalue weighted by Crippen LogP contribution is 2.30. The first-order valence-corrected chi connectivity index (χ1v) is 6.89. The van der Waals surface area contributed by atoms with Crippen LogP contribution in [0, 0.1) is 4.77 Å². The Labute approximate surface area is 116 Å². The van der Waals surface area contributed by atoms with Crippen LogP contribution in [0.5, 0.6) is 0 Å². The van der Waals surface area contributed by atoms with Gasteiger partial charge in [-0.15, -0.1) is 0 Å². The number of fused-ring (bicyclic) bond motifs is 1. The second-order valence-corrected chi connectivity index (χ2v) is 5.85. The van der Waals surface area contributed by atoms with Gasteiger partial charge in [0.1, 0.15) is 0 Å². The molecule has 1 aliphatic heterocycles. The summed E-state index contributed by atoms with van der Waals surface area (Å²) in [6.07, 6.45) is 2.19. The molecule has 0 bridgehead atoms. The van der Waals surface area contributed by atoms with Crippen molar-refractivity contribution in [2.24, 2.45) is 0 Å². The van der Waals surface area contributed by atoms with Crippen molar-refractivity contribution in [3.8, 4) is 0 Å². The fraction of sp³-hybridized carbons (Fsp3) is 0.462. The standard InChI is InChI=1S/C13H15ClN2OS/c1-13(6-3-7-17-13)8-16-10-5-2-4-9(14)11(10)15-12(16)18/h2,4-5H,3,6-8H2,1H3,(H,15,18). The van der Waals surface area contributed by atoms with Gasteiger partial charge in [0.05, 0.1) is 28.2 Å². The molecule has 1 aromatic heterocycles. The number of nitrogens with zero attached hydrogens (tertiary/aromatic N) is 1. The van der Waals surface area contributed by atoms with Crippen LogP contribution in [0.4, 0.5) is 0 Å². The third-order valence-corrected chi connectivity index (χ3v) is 4.19. The number of ether oxygens (including phenoxy) is 1. The molecule has 1 aromatic carbocycles. The van der Waals surface area contributed by atoms with Crippen LogP contribution >= 0.6 is 23.8 Å². The normalized spacial score (nSPS) is 23.9. The highest BCUT2D eigenvalue weighted by atomic mass is 35.5. The molecule has 1 N–H and O–H groups in total. The molecule has 0 spiro atoms. The zero-order chi connectivity index (χ0) is 12.8. The van der Waals surface area contributed by atoms with Crippen molar-refractivity contribution in [1.29, 1.82) is 0 Å². The number of aromatic nitrogens is 2. The van der Waals surface area contributed by atoms with Crippen LogP contribution in [0.1, 0.15) is 19.8 Å². The molecule has 0 radical (unpaired) electrons. The van der Waals surface area contributed by atoms with Gasteiger partial charge in [0.2, 0.25) is 0 Å².